The molecule has 34 heavy (non-hydrogen) atoms. The maximum atomic E-state index is 13.2. The van der Waals surface area contributed by atoms with E-state index in [1.807, 2.05) is 18.7 Å². The summed E-state index contributed by atoms with van der Waals surface area (Å²) in [7, 11) is 1.72. The molecule has 0 radical (unpaired) electrons. The van der Waals surface area contributed by atoms with Crippen LogP contribution in [0.25, 0.3) is 0 Å². The molecule has 1 saturated heterocycles. The predicted octanol–water partition coefficient (Wildman–Crippen LogP) is 4.52. The van der Waals surface area contributed by atoms with Crippen molar-refractivity contribution in [1.82, 2.24) is 14.7 Å². The molecule has 8 heteroatoms. The normalized spacial score (nSPS) is 19.6. The number of hydrogen-bond donors (Lipinski definition) is 0. The Balaban J connectivity index is 1.63. The first-order valence-corrected chi connectivity index (χ1v) is 11.9. The van der Waals surface area contributed by atoms with Gasteiger partial charge in [-0.05, 0) is 56.7 Å². The van der Waals surface area contributed by atoms with Gasteiger partial charge in [-0.1, -0.05) is 23.7 Å². The highest BCUT2D eigenvalue weighted by molar-refractivity contribution is 6.30. The van der Waals surface area contributed by atoms with E-state index in [0.29, 0.717) is 23.9 Å². The van der Waals surface area contributed by atoms with Gasteiger partial charge in [0, 0.05) is 56.3 Å². The molecule has 3 rings (SSSR count). The fraction of sp³-hybridized carbons (Fsp3) is 0.462. The van der Waals surface area contributed by atoms with Gasteiger partial charge < -0.3 is 14.5 Å². The number of benzene rings is 2. The first-order chi connectivity index (χ1) is 16.1. The monoisotopic (exact) mass is 489 g/mol. The van der Waals surface area contributed by atoms with Gasteiger partial charge in [0.2, 0.25) is 5.91 Å². The summed E-state index contributed by atoms with van der Waals surface area (Å²) in [4.78, 5) is 30.7. The van der Waals surface area contributed by atoms with E-state index >= 15 is 0 Å². The van der Waals surface area contributed by atoms with Crippen molar-refractivity contribution in [2.45, 2.75) is 52.4 Å². The Morgan fingerprint density at radius 2 is 1.82 bits per heavy atom. The van der Waals surface area contributed by atoms with Crippen molar-refractivity contribution in [1.29, 1.82) is 0 Å². The number of piperazine rings is 1. The molecular formula is C26H33ClFN3O3. The summed E-state index contributed by atoms with van der Waals surface area (Å²) in [5.41, 5.74) is 1.80. The third-order valence-corrected chi connectivity index (χ3v) is 6.82. The number of carbonyl (C=O) groups is 2. The molecule has 1 aliphatic rings. The van der Waals surface area contributed by atoms with Crippen LogP contribution in [0.5, 0.6) is 5.75 Å². The zero-order valence-electron chi connectivity index (χ0n) is 20.4. The minimum atomic E-state index is -0.254. The molecule has 0 spiro atoms. The number of nitrogens with zero attached hydrogens (tertiary/aromatic N) is 3. The molecule has 0 N–H and O–H groups in total. The quantitative estimate of drug-likeness (QED) is 0.574. The Kier molecular flexibility index (Phi) is 8.55. The molecule has 3 atom stereocenters. The SMILES string of the molecule is CC(=O)N(C)C(C)c1cc(Cl)ccc1OCC(=O)N1C[C@H](C)N(Cc2ccc(F)cc2)C[C@H]1C. The second-order valence-corrected chi connectivity index (χ2v) is 9.51. The van der Waals surface area contributed by atoms with Crippen molar-refractivity contribution in [2.24, 2.45) is 0 Å². The third-order valence-electron chi connectivity index (χ3n) is 6.59. The number of rotatable bonds is 7. The Morgan fingerprint density at radius 1 is 1.15 bits per heavy atom. The Morgan fingerprint density at radius 3 is 2.47 bits per heavy atom. The van der Waals surface area contributed by atoms with Crippen molar-refractivity contribution < 1.29 is 18.7 Å². The largest absolute Gasteiger partial charge is 0.483 e. The molecule has 1 aliphatic heterocycles. The summed E-state index contributed by atoms with van der Waals surface area (Å²) in [6, 6.07) is 11.7. The van der Waals surface area contributed by atoms with Gasteiger partial charge in [0.25, 0.3) is 5.91 Å². The lowest BCUT2D eigenvalue weighted by atomic mass is 10.1. The maximum Gasteiger partial charge on any atom is 0.260 e. The minimum Gasteiger partial charge on any atom is -0.483 e. The molecule has 1 unspecified atom stereocenters. The van der Waals surface area contributed by atoms with Crippen LogP contribution in [0.4, 0.5) is 4.39 Å². The van der Waals surface area contributed by atoms with Crippen molar-refractivity contribution in [3.63, 3.8) is 0 Å². The highest BCUT2D eigenvalue weighted by Crippen LogP contribution is 2.31. The maximum absolute atomic E-state index is 13.2. The second kappa shape index (κ2) is 11.2. The molecule has 184 valence electrons. The lowest BCUT2D eigenvalue weighted by molar-refractivity contribution is -0.139. The molecule has 0 bridgehead atoms. The lowest BCUT2D eigenvalue weighted by Crippen LogP contribution is -2.58. The fourth-order valence-electron chi connectivity index (χ4n) is 4.27. The average molecular weight is 490 g/mol. The van der Waals surface area contributed by atoms with Gasteiger partial charge in [-0.3, -0.25) is 14.5 Å². The Hall–Kier alpha value is -2.64. The van der Waals surface area contributed by atoms with Crippen LogP contribution in [0.3, 0.4) is 0 Å². The van der Waals surface area contributed by atoms with Crippen LogP contribution in [0, 0.1) is 5.82 Å². The van der Waals surface area contributed by atoms with E-state index in [0.717, 1.165) is 17.7 Å². The van der Waals surface area contributed by atoms with Gasteiger partial charge >= 0.3 is 0 Å². The molecule has 2 amide bonds. The van der Waals surface area contributed by atoms with E-state index in [-0.39, 0.29) is 42.4 Å². The Bertz CT molecular complexity index is 1020. The first kappa shape index (κ1) is 26.0. The molecule has 6 nitrogen and oxygen atoms in total. The van der Waals surface area contributed by atoms with Gasteiger partial charge in [0.15, 0.2) is 6.61 Å². The smallest absolute Gasteiger partial charge is 0.260 e. The summed E-state index contributed by atoms with van der Waals surface area (Å²) in [6.07, 6.45) is 0. The summed E-state index contributed by atoms with van der Waals surface area (Å²) < 4.78 is 19.1. The van der Waals surface area contributed by atoms with E-state index in [9.17, 15) is 14.0 Å². The van der Waals surface area contributed by atoms with Crippen LogP contribution in [-0.4, -0.2) is 65.3 Å². The van der Waals surface area contributed by atoms with E-state index in [2.05, 4.69) is 11.8 Å². The summed E-state index contributed by atoms with van der Waals surface area (Å²) in [6.45, 7) is 9.43. The molecular weight excluding hydrogens is 457 g/mol. The van der Waals surface area contributed by atoms with E-state index in [4.69, 9.17) is 16.3 Å². The summed E-state index contributed by atoms with van der Waals surface area (Å²) in [5.74, 6) is 0.130. The molecule has 1 heterocycles. The second-order valence-electron chi connectivity index (χ2n) is 9.08. The van der Waals surface area contributed by atoms with E-state index in [1.54, 1.807) is 42.3 Å². The molecule has 2 aromatic carbocycles. The van der Waals surface area contributed by atoms with Crippen LogP contribution in [0.1, 0.15) is 44.9 Å². The van der Waals surface area contributed by atoms with Gasteiger partial charge in [-0.2, -0.15) is 0 Å². The van der Waals surface area contributed by atoms with Crippen molar-refractivity contribution >= 4 is 23.4 Å². The number of hydrogen-bond acceptors (Lipinski definition) is 4. The zero-order chi connectivity index (χ0) is 25.0. The Labute approximate surface area is 206 Å². The van der Waals surface area contributed by atoms with Gasteiger partial charge in [0.05, 0.1) is 6.04 Å². The molecule has 2 aromatic rings. The molecule has 1 fully saturated rings. The standard InChI is InChI=1S/C26H33ClFN3O3/c1-17-14-31(18(2)13-30(17)15-21-6-9-23(28)10-7-21)26(33)16-34-25-11-8-22(27)12-24(25)19(3)29(5)20(4)32/h6-12,17-19H,13-16H2,1-5H3/t17-,18+,19?/m0/s1. The zero-order valence-corrected chi connectivity index (χ0v) is 21.2. The van der Waals surface area contributed by atoms with Crippen LogP contribution in [0.15, 0.2) is 42.5 Å². The van der Waals surface area contributed by atoms with Gasteiger partial charge in [-0.15, -0.1) is 0 Å². The van der Waals surface area contributed by atoms with Crippen LogP contribution in [0.2, 0.25) is 5.02 Å². The van der Waals surface area contributed by atoms with Gasteiger partial charge in [0.1, 0.15) is 11.6 Å². The topological polar surface area (TPSA) is 53.1 Å². The molecule has 0 saturated carbocycles. The highest BCUT2D eigenvalue weighted by atomic mass is 35.5. The number of amides is 2. The number of halogens is 2. The van der Waals surface area contributed by atoms with Crippen molar-refractivity contribution in [2.75, 3.05) is 26.7 Å². The van der Waals surface area contributed by atoms with Crippen LogP contribution in [-0.2, 0) is 16.1 Å². The van der Waals surface area contributed by atoms with Gasteiger partial charge in [-0.25, -0.2) is 4.39 Å². The average Bonchev–Trinajstić information content (AvgIpc) is 2.80. The molecule has 0 aromatic heterocycles. The minimum absolute atomic E-state index is 0.0141. The summed E-state index contributed by atoms with van der Waals surface area (Å²) in [5, 5.41) is 0.539. The van der Waals surface area contributed by atoms with Crippen LogP contribution >= 0.6 is 11.6 Å². The van der Waals surface area contributed by atoms with E-state index < -0.39 is 0 Å². The van der Waals surface area contributed by atoms with Crippen LogP contribution < -0.4 is 4.74 Å². The number of carbonyl (C=O) groups excluding carboxylic acids is 2. The highest BCUT2D eigenvalue weighted by Gasteiger charge is 2.32. The van der Waals surface area contributed by atoms with Crippen molar-refractivity contribution in [3.05, 3.63) is 64.4 Å². The van der Waals surface area contributed by atoms with Crippen molar-refractivity contribution in [3.8, 4) is 5.75 Å². The summed E-state index contributed by atoms with van der Waals surface area (Å²) >= 11 is 6.19. The van der Waals surface area contributed by atoms with E-state index in [1.165, 1.54) is 19.1 Å². The third kappa shape index (κ3) is 6.27. The predicted molar refractivity (Wildman–Crippen MR) is 131 cm³/mol. The number of ether oxygens (including phenoxy) is 1. The fourth-order valence-corrected chi connectivity index (χ4v) is 4.45. The molecule has 0 aliphatic carbocycles. The first-order valence-electron chi connectivity index (χ1n) is 11.5. The lowest BCUT2D eigenvalue weighted by Gasteiger charge is -2.44.